The minimum absolute atomic E-state index is 0.338. The molecular weight excluding hydrogens is 154 g/mol. The molecule has 0 spiro atoms. The monoisotopic (exact) mass is 167 g/mol. The Kier molecular flexibility index (Phi) is 2.02. The van der Waals surface area contributed by atoms with E-state index in [2.05, 4.69) is 11.9 Å². The molecule has 3 heteroatoms. The van der Waals surface area contributed by atoms with E-state index >= 15 is 0 Å². The van der Waals surface area contributed by atoms with E-state index in [4.69, 9.17) is 9.47 Å². The minimum Gasteiger partial charge on any atom is -0.494 e. The standard InChI is InChI=1S/C9H13NO2/c1-7-5-8-9(6-10-7)12-4-2-3-11-8/h6-7H,2-5H2,1H3. The highest BCUT2D eigenvalue weighted by Gasteiger charge is 2.18. The van der Waals surface area contributed by atoms with Gasteiger partial charge in [-0.3, -0.25) is 4.99 Å². The zero-order valence-electron chi connectivity index (χ0n) is 7.25. The summed E-state index contributed by atoms with van der Waals surface area (Å²) in [6, 6.07) is 0.338. The number of ether oxygens (including phenoxy) is 2. The Morgan fingerprint density at radius 3 is 3.17 bits per heavy atom. The van der Waals surface area contributed by atoms with Crippen molar-refractivity contribution in [1.82, 2.24) is 0 Å². The number of allylic oxidation sites excluding steroid dienone is 1. The maximum atomic E-state index is 5.54. The molecule has 0 aromatic rings. The summed E-state index contributed by atoms with van der Waals surface area (Å²) in [5, 5.41) is 0. The van der Waals surface area contributed by atoms with Crippen molar-refractivity contribution in [3.8, 4) is 0 Å². The molecule has 66 valence electrons. The molecule has 0 bridgehead atoms. The Morgan fingerprint density at radius 1 is 1.42 bits per heavy atom. The normalized spacial score (nSPS) is 28.6. The van der Waals surface area contributed by atoms with Crippen LogP contribution in [0.4, 0.5) is 0 Å². The Morgan fingerprint density at radius 2 is 2.25 bits per heavy atom. The summed E-state index contributed by atoms with van der Waals surface area (Å²) in [5.74, 6) is 1.82. The predicted octanol–water partition coefficient (Wildman–Crippen LogP) is 1.50. The molecule has 2 aliphatic heterocycles. The van der Waals surface area contributed by atoms with Crippen LogP contribution in [-0.2, 0) is 9.47 Å². The molecule has 12 heavy (non-hydrogen) atoms. The van der Waals surface area contributed by atoms with Crippen molar-refractivity contribution in [2.24, 2.45) is 4.99 Å². The van der Waals surface area contributed by atoms with E-state index in [1.807, 2.05) is 0 Å². The van der Waals surface area contributed by atoms with Crippen LogP contribution in [0.1, 0.15) is 19.8 Å². The van der Waals surface area contributed by atoms with Gasteiger partial charge in [-0.05, 0) is 6.92 Å². The van der Waals surface area contributed by atoms with Gasteiger partial charge in [0.05, 0.1) is 25.5 Å². The van der Waals surface area contributed by atoms with Gasteiger partial charge in [0.25, 0.3) is 0 Å². The molecule has 0 amide bonds. The van der Waals surface area contributed by atoms with Crippen molar-refractivity contribution in [3.05, 3.63) is 11.5 Å². The predicted molar refractivity (Wildman–Crippen MR) is 46.1 cm³/mol. The molecule has 0 saturated heterocycles. The molecule has 0 aromatic heterocycles. The van der Waals surface area contributed by atoms with E-state index in [0.717, 1.165) is 37.6 Å². The Hall–Kier alpha value is -0.990. The quantitative estimate of drug-likeness (QED) is 0.547. The van der Waals surface area contributed by atoms with Crippen LogP contribution in [0.5, 0.6) is 0 Å². The Bertz CT molecular complexity index is 233. The molecule has 2 aliphatic rings. The van der Waals surface area contributed by atoms with Gasteiger partial charge >= 0.3 is 0 Å². The largest absolute Gasteiger partial charge is 0.494 e. The van der Waals surface area contributed by atoms with Crippen LogP contribution in [0.2, 0.25) is 0 Å². The minimum atomic E-state index is 0.338. The lowest BCUT2D eigenvalue weighted by molar-refractivity contribution is 0.200. The van der Waals surface area contributed by atoms with Crippen molar-refractivity contribution < 1.29 is 9.47 Å². The summed E-state index contributed by atoms with van der Waals surface area (Å²) in [6.07, 6.45) is 3.63. The first-order valence-electron chi connectivity index (χ1n) is 4.38. The van der Waals surface area contributed by atoms with Gasteiger partial charge in [-0.25, -0.2) is 0 Å². The average molecular weight is 167 g/mol. The fraction of sp³-hybridized carbons (Fsp3) is 0.667. The van der Waals surface area contributed by atoms with Gasteiger partial charge in [-0.15, -0.1) is 0 Å². The highest BCUT2D eigenvalue weighted by atomic mass is 16.5. The first-order valence-corrected chi connectivity index (χ1v) is 4.38. The molecule has 0 saturated carbocycles. The van der Waals surface area contributed by atoms with Crippen LogP contribution >= 0.6 is 0 Å². The second kappa shape index (κ2) is 3.17. The van der Waals surface area contributed by atoms with E-state index in [9.17, 15) is 0 Å². The van der Waals surface area contributed by atoms with Crippen LogP contribution in [-0.4, -0.2) is 25.5 Å². The highest BCUT2D eigenvalue weighted by molar-refractivity contribution is 5.77. The first-order chi connectivity index (χ1) is 5.86. The summed E-state index contributed by atoms with van der Waals surface area (Å²) in [7, 11) is 0. The van der Waals surface area contributed by atoms with E-state index in [0.29, 0.717) is 6.04 Å². The third-order valence-corrected chi connectivity index (χ3v) is 2.02. The van der Waals surface area contributed by atoms with Crippen molar-refractivity contribution in [2.75, 3.05) is 13.2 Å². The number of nitrogens with zero attached hydrogens (tertiary/aromatic N) is 1. The molecule has 0 fully saturated rings. The summed E-state index contributed by atoms with van der Waals surface area (Å²) in [5.41, 5.74) is 0. The molecule has 0 radical (unpaired) electrons. The third kappa shape index (κ3) is 1.44. The van der Waals surface area contributed by atoms with Crippen LogP contribution in [0, 0.1) is 0 Å². The lowest BCUT2D eigenvalue weighted by atomic mass is 10.1. The summed E-state index contributed by atoms with van der Waals surface area (Å²) >= 11 is 0. The van der Waals surface area contributed by atoms with Crippen molar-refractivity contribution in [2.45, 2.75) is 25.8 Å². The van der Waals surface area contributed by atoms with Crippen LogP contribution in [0.25, 0.3) is 0 Å². The first kappa shape index (κ1) is 7.65. The molecule has 2 rings (SSSR count). The smallest absolute Gasteiger partial charge is 0.174 e. The second-order valence-corrected chi connectivity index (χ2v) is 3.17. The molecule has 0 aliphatic carbocycles. The highest BCUT2D eigenvalue weighted by Crippen LogP contribution is 2.21. The molecule has 2 heterocycles. The Labute approximate surface area is 72.1 Å². The Balaban J connectivity index is 2.16. The van der Waals surface area contributed by atoms with Gasteiger partial charge in [0.2, 0.25) is 0 Å². The maximum Gasteiger partial charge on any atom is 0.174 e. The number of aliphatic imine (C=N–C) groups is 1. The molecular formula is C9H13NO2. The van der Waals surface area contributed by atoms with E-state index in [1.165, 1.54) is 0 Å². The van der Waals surface area contributed by atoms with E-state index in [-0.39, 0.29) is 0 Å². The number of hydrogen-bond acceptors (Lipinski definition) is 3. The number of dihydropyridines is 1. The fourth-order valence-corrected chi connectivity index (χ4v) is 1.37. The SMILES string of the molecule is CC1CC2=C(C=N1)OCCCO2. The van der Waals surface area contributed by atoms with E-state index in [1.54, 1.807) is 6.21 Å². The summed E-state index contributed by atoms with van der Waals surface area (Å²) < 4.78 is 11.0. The van der Waals surface area contributed by atoms with Gasteiger partial charge in [0.1, 0.15) is 5.76 Å². The van der Waals surface area contributed by atoms with Crippen molar-refractivity contribution in [1.29, 1.82) is 0 Å². The molecule has 1 unspecified atom stereocenters. The van der Waals surface area contributed by atoms with Crippen LogP contribution < -0.4 is 0 Å². The van der Waals surface area contributed by atoms with Gasteiger partial charge in [0, 0.05) is 12.8 Å². The maximum absolute atomic E-state index is 5.54. The van der Waals surface area contributed by atoms with Gasteiger partial charge in [0.15, 0.2) is 5.76 Å². The fourth-order valence-electron chi connectivity index (χ4n) is 1.37. The summed E-state index contributed by atoms with van der Waals surface area (Å²) in [6.45, 7) is 3.60. The molecule has 3 nitrogen and oxygen atoms in total. The molecule has 1 atom stereocenters. The lowest BCUT2D eigenvalue weighted by Gasteiger charge is -2.16. The van der Waals surface area contributed by atoms with Crippen LogP contribution in [0.3, 0.4) is 0 Å². The van der Waals surface area contributed by atoms with Gasteiger partial charge in [-0.1, -0.05) is 0 Å². The van der Waals surface area contributed by atoms with Gasteiger partial charge < -0.3 is 9.47 Å². The number of rotatable bonds is 0. The zero-order valence-corrected chi connectivity index (χ0v) is 7.25. The summed E-state index contributed by atoms with van der Waals surface area (Å²) in [4.78, 5) is 4.27. The molecule has 0 aromatic carbocycles. The van der Waals surface area contributed by atoms with Crippen LogP contribution in [0.15, 0.2) is 16.5 Å². The molecule has 0 N–H and O–H groups in total. The van der Waals surface area contributed by atoms with E-state index < -0.39 is 0 Å². The van der Waals surface area contributed by atoms with Gasteiger partial charge in [-0.2, -0.15) is 0 Å². The number of hydrogen-bond donors (Lipinski definition) is 0. The second-order valence-electron chi connectivity index (χ2n) is 3.17. The average Bonchev–Trinajstić information content (AvgIpc) is 2.28. The zero-order chi connectivity index (χ0) is 8.39. The van der Waals surface area contributed by atoms with Crippen molar-refractivity contribution >= 4 is 6.21 Å². The lowest BCUT2D eigenvalue weighted by Crippen LogP contribution is -2.11. The topological polar surface area (TPSA) is 30.8 Å². The third-order valence-electron chi connectivity index (χ3n) is 2.02. The van der Waals surface area contributed by atoms with Crippen molar-refractivity contribution in [3.63, 3.8) is 0 Å².